The molecule has 1 aromatic carbocycles. The van der Waals surface area contributed by atoms with E-state index in [4.69, 9.17) is 4.74 Å². The van der Waals surface area contributed by atoms with Gasteiger partial charge in [0.1, 0.15) is 12.4 Å². The topological polar surface area (TPSA) is 41.6 Å². The van der Waals surface area contributed by atoms with Gasteiger partial charge in [0.05, 0.1) is 13.2 Å². The fraction of sp³-hybridized carbons (Fsp3) is 0.364. The van der Waals surface area contributed by atoms with Crippen molar-refractivity contribution in [2.24, 2.45) is 0 Å². The fourth-order valence-electron chi connectivity index (χ4n) is 1.48. The number of benzene rings is 1. The molecule has 0 unspecified atom stereocenters. The van der Waals surface area contributed by atoms with Gasteiger partial charge in [-0.15, -0.1) is 0 Å². The van der Waals surface area contributed by atoms with Gasteiger partial charge in [0.2, 0.25) is 5.91 Å². The van der Waals surface area contributed by atoms with Crippen LogP contribution in [0.3, 0.4) is 0 Å². The largest absolute Gasteiger partial charge is 0.492 e. The summed E-state index contributed by atoms with van der Waals surface area (Å²) in [5.41, 5.74) is 0. The molecule has 0 atom stereocenters. The van der Waals surface area contributed by atoms with Gasteiger partial charge in [0, 0.05) is 6.54 Å². The van der Waals surface area contributed by atoms with Crippen LogP contribution in [0.4, 0.5) is 0 Å². The van der Waals surface area contributed by atoms with Gasteiger partial charge in [-0.3, -0.25) is 9.69 Å². The summed E-state index contributed by atoms with van der Waals surface area (Å²) in [5, 5.41) is 2.75. The van der Waals surface area contributed by atoms with E-state index in [0.29, 0.717) is 19.8 Å². The molecule has 1 saturated heterocycles. The standard InChI is InChI=1S/C11H14N2O2/c14-11-8-13(9-12-11)6-7-15-10-4-2-1-3-5-10/h1-5H,6-9H2,(H,12,14). The summed E-state index contributed by atoms with van der Waals surface area (Å²) in [6, 6.07) is 9.68. The third-order valence-corrected chi connectivity index (χ3v) is 2.29. The van der Waals surface area contributed by atoms with Gasteiger partial charge in [-0.25, -0.2) is 0 Å². The molecule has 1 amide bonds. The Labute approximate surface area is 88.8 Å². The van der Waals surface area contributed by atoms with Gasteiger partial charge in [-0.1, -0.05) is 18.2 Å². The van der Waals surface area contributed by atoms with Crippen LogP contribution in [0.25, 0.3) is 0 Å². The minimum Gasteiger partial charge on any atom is -0.492 e. The van der Waals surface area contributed by atoms with E-state index in [1.807, 2.05) is 35.2 Å². The molecule has 1 N–H and O–H groups in total. The molecule has 0 aromatic heterocycles. The minimum atomic E-state index is 0.0923. The predicted octanol–water partition coefficient (Wildman–Crippen LogP) is 0.455. The van der Waals surface area contributed by atoms with Crippen LogP contribution in [0.1, 0.15) is 0 Å². The van der Waals surface area contributed by atoms with E-state index in [0.717, 1.165) is 12.3 Å². The van der Waals surface area contributed by atoms with Gasteiger partial charge >= 0.3 is 0 Å². The van der Waals surface area contributed by atoms with Crippen molar-refractivity contribution in [3.63, 3.8) is 0 Å². The molecule has 1 fully saturated rings. The molecule has 0 aliphatic carbocycles. The number of hydrogen-bond acceptors (Lipinski definition) is 3. The first-order valence-electron chi connectivity index (χ1n) is 5.01. The monoisotopic (exact) mass is 206 g/mol. The number of carbonyl (C=O) groups is 1. The first-order chi connectivity index (χ1) is 7.34. The quantitative estimate of drug-likeness (QED) is 0.778. The number of rotatable bonds is 4. The summed E-state index contributed by atoms with van der Waals surface area (Å²) in [7, 11) is 0. The number of para-hydroxylation sites is 1. The highest BCUT2D eigenvalue weighted by Gasteiger charge is 2.17. The summed E-state index contributed by atoms with van der Waals surface area (Å²) in [4.78, 5) is 12.9. The first kappa shape index (κ1) is 9.98. The summed E-state index contributed by atoms with van der Waals surface area (Å²) in [6.45, 7) is 2.50. The Morgan fingerprint density at radius 1 is 1.33 bits per heavy atom. The molecule has 1 aliphatic rings. The predicted molar refractivity (Wildman–Crippen MR) is 56.5 cm³/mol. The van der Waals surface area contributed by atoms with Crippen LogP contribution in [0, 0.1) is 0 Å². The van der Waals surface area contributed by atoms with Crippen molar-refractivity contribution in [1.82, 2.24) is 10.2 Å². The number of amides is 1. The third-order valence-electron chi connectivity index (χ3n) is 2.29. The number of ether oxygens (including phenoxy) is 1. The smallest absolute Gasteiger partial charge is 0.235 e. The number of nitrogens with one attached hydrogen (secondary N) is 1. The van der Waals surface area contributed by atoms with E-state index in [-0.39, 0.29) is 5.91 Å². The summed E-state index contributed by atoms with van der Waals surface area (Å²) in [5.74, 6) is 0.964. The maximum Gasteiger partial charge on any atom is 0.235 e. The van der Waals surface area contributed by atoms with Crippen molar-refractivity contribution in [2.75, 3.05) is 26.4 Å². The van der Waals surface area contributed by atoms with Crippen LogP contribution in [0.15, 0.2) is 30.3 Å². The molecular weight excluding hydrogens is 192 g/mol. The van der Waals surface area contributed by atoms with E-state index in [2.05, 4.69) is 5.32 Å². The highest BCUT2D eigenvalue weighted by molar-refractivity contribution is 5.79. The van der Waals surface area contributed by atoms with Gasteiger partial charge in [-0.2, -0.15) is 0 Å². The Kier molecular flexibility index (Phi) is 3.19. The second kappa shape index (κ2) is 4.79. The second-order valence-corrected chi connectivity index (χ2v) is 3.47. The molecule has 1 heterocycles. The highest BCUT2D eigenvalue weighted by atomic mass is 16.5. The van der Waals surface area contributed by atoms with Gasteiger partial charge < -0.3 is 10.1 Å². The molecule has 0 saturated carbocycles. The van der Waals surface area contributed by atoms with E-state index in [9.17, 15) is 4.79 Å². The zero-order valence-electron chi connectivity index (χ0n) is 8.48. The molecule has 1 aromatic rings. The van der Waals surface area contributed by atoms with Crippen molar-refractivity contribution in [2.45, 2.75) is 0 Å². The lowest BCUT2D eigenvalue weighted by Gasteiger charge is -2.12. The Hall–Kier alpha value is -1.55. The van der Waals surface area contributed by atoms with Crippen molar-refractivity contribution in [3.8, 4) is 5.75 Å². The Morgan fingerprint density at radius 3 is 2.80 bits per heavy atom. The second-order valence-electron chi connectivity index (χ2n) is 3.47. The normalized spacial score (nSPS) is 16.4. The van der Waals surface area contributed by atoms with Crippen molar-refractivity contribution in [1.29, 1.82) is 0 Å². The van der Waals surface area contributed by atoms with Crippen molar-refractivity contribution >= 4 is 5.91 Å². The van der Waals surface area contributed by atoms with E-state index < -0.39 is 0 Å². The molecule has 2 rings (SSSR count). The van der Waals surface area contributed by atoms with Gasteiger partial charge in [0.25, 0.3) is 0 Å². The zero-order chi connectivity index (χ0) is 10.5. The maximum atomic E-state index is 10.9. The molecule has 15 heavy (non-hydrogen) atoms. The molecule has 4 heteroatoms. The number of carbonyl (C=O) groups excluding carboxylic acids is 1. The highest BCUT2D eigenvalue weighted by Crippen LogP contribution is 2.08. The van der Waals surface area contributed by atoms with Gasteiger partial charge in [0.15, 0.2) is 0 Å². The lowest BCUT2D eigenvalue weighted by molar-refractivity contribution is -0.118. The molecule has 4 nitrogen and oxygen atoms in total. The van der Waals surface area contributed by atoms with Crippen LogP contribution in [0.5, 0.6) is 5.75 Å². The summed E-state index contributed by atoms with van der Waals surface area (Å²) < 4.78 is 5.52. The molecular formula is C11H14N2O2. The lowest BCUT2D eigenvalue weighted by Crippen LogP contribution is -2.27. The fourth-order valence-corrected chi connectivity index (χ4v) is 1.48. The van der Waals surface area contributed by atoms with Crippen LogP contribution in [0.2, 0.25) is 0 Å². The minimum absolute atomic E-state index is 0.0923. The van der Waals surface area contributed by atoms with E-state index in [1.54, 1.807) is 0 Å². The summed E-state index contributed by atoms with van der Waals surface area (Å²) >= 11 is 0. The van der Waals surface area contributed by atoms with Crippen molar-refractivity contribution < 1.29 is 9.53 Å². The van der Waals surface area contributed by atoms with E-state index >= 15 is 0 Å². The number of nitrogens with zero attached hydrogens (tertiary/aromatic N) is 1. The lowest BCUT2D eigenvalue weighted by atomic mass is 10.3. The Bertz CT molecular complexity index is 327. The van der Waals surface area contributed by atoms with Crippen LogP contribution < -0.4 is 10.1 Å². The van der Waals surface area contributed by atoms with Crippen LogP contribution in [-0.4, -0.2) is 37.2 Å². The number of hydrogen-bond donors (Lipinski definition) is 1. The first-order valence-corrected chi connectivity index (χ1v) is 5.01. The average Bonchev–Trinajstić information content (AvgIpc) is 2.66. The van der Waals surface area contributed by atoms with E-state index in [1.165, 1.54) is 0 Å². The zero-order valence-corrected chi connectivity index (χ0v) is 8.48. The van der Waals surface area contributed by atoms with Crippen LogP contribution in [-0.2, 0) is 4.79 Å². The Morgan fingerprint density at radius 2 is 2.13 bits per heavy atom. The van der Waals surface area contributed by atoms with Crippen molar-refractivity contribution in [3.05, 3.63) is 30.3 Å². The summed E-state index contributed by atoms with van der Waals surface area (Å²) in [6.07, 6.45) is 0. The van der Waals surface area contributed by atoms with Gasteiger partial charge in [-0.05, 0) is 12.1 Å². The Balaban J connectivity index is 1.69. The molecule has 0 radical (unpaired) electrons. The average molecular weight is 206 g/mol. The maximum absolute atomic E-state index is 10.9. The molecule has 0 spiro atoms. The third kappa shape index (κ3) is 2.95. The van der Waals surface area contributed by atoms with Crippen LogP contribution >= 0.6 is 0 Å². The molecule has 1 aliphatic heterocycles. The molecule has 80 valence electrons. The molecule has 0 bridgehead atoms. The SMILES string of the molecule is O=C1CN(CCOc2ccccc2)CN1.